The number of aryl methyl sites for hydroxylation is 1. The van der Waals surface area contributed by atoms with E-state index in [1.54, 1.807) is 0 Å². The molecule has 1 rings (SSSR count). The highest BCUT2D eigenvalue weighted by atomic mass is 19.4. The SMILES string of the molecule is Cc1cc(C(F)(F)F)cc(C=O)c1C(F)(F)F. The second-order valence-electron chi connectivity index (χ2n) is 3.37. The van der Waals surface area contributed by atoms with E-state index in [0.717, 1.165) is 6.92 Å². The molecule has 0 aliphatic rings. The van der Waals surface area contributed by atoms with E-state index >= 15 is 0 Å². The largest absolute Gasteiger partial charge is 0.417 e. The number of rotatable bonds is 1. The van der Waals surface area contributed by atoms with Crippen LogP contribution in [0.4, 0.5) is 26.3 Å². The van der Waals surface area contributed by atoms with Gasteiger partial charge in [0.1, 0.15) is 0 Å². The number of carbonyl (C=O) groups excluding carboxylic acids is 1. The first-order chi connectivity index (χ1) is 7.57. The van der Waals surface area contributed by atoms with E-state index in [1.165, 1.54) is 0 Å². The van der Waals surface area contributed by atoms with Crippen LogP contribution in [-0.4, -0.2) is 6.29 Å². The normalized spacial score (nSPS) is 12.6. The van der Waals surface area contributed by atoms with Crippen molar-refractivity contribution >= 4 is 6.29 Å². The predicted octanol–water partition coefficient (Wildman–Crippen LogP) is 3.85. The van der Waals surface area contributed by atoms with Crippen LogP contribution in [0.25, 0.3) is 0 Å². The van der Waals surface area contributed by atoms with E-state index in [1.807, 2.05) is 0 Å². The molecule has 1 aromatic rings. The monoisotopic (exact) mass is 256 g/mol. The number of aldehydes is 1. The van der Waals surface area contributed by atoms with Crippen molar-refractivity contribution in [3.05, 3.63) is 34.4 Å². The Morgan fingerprint density at radius 3 is 1.88 bits per heavy atom. The van der Waals surface area contributed by atoms with Crippen LogP contribution in [0.3, 0.4) is 0 Å². The lowest BCUT2D eigenvalue weighted by molar-refractivity contribution is -0.141. The van der Waals surface area contributed by atoms with Gasteiger partial charge in [-0.25, -0.2) is 0 Å². The Morgan fingerprint density at radius 1 is 1.00 bits per heavy atom. The third-order valence-corrected chi connectivity index (χ3v) is 2.10. The fourth-order valence-corrected chi connectivity index (χ4v) is 1.46. The molecule has 0 amide bonds. The molecule has 17 heavy (non-hydrogen) atoms. The van der Waals surface area contributed by atoms with Crippen molar-refractivity contribution in [2.75, 3.05) is 0 Å². The second kappa shape index (κ2) is 4.05. The topological polar surface area (TPSA) is 17.1 Å². The molecule has 0 heterocycles. The zero-order valence-corrected chi connectivity index (χ0v) is 8.41. The third kappa shape index (κ3) is 2.78. The lowest BCUT2D eigenvalue weighted by Gasteiger charge is -2.15. The van der Waals surface area contributed by atoms with E-state index in [0.29, 0.717) is 6.07 Å². The Kier molecular flexibility index (Phi) is 3.22. The molecule has 0 saturated heterocycles. The maximum absolute atomic E-state index is 12.5. The summed E-state index contributed by atoms with van der Waals surface area (Å²) >= 11 is 0. The van der Waals surface area contributed by atoms with Gasteiger partial charge in [0.25, 0.3) is 0 Å². The van der Waals surface area contributed by atoms with Crippen molar-refractivity contribution in [3.8, 4) is 0 Å². The van der Waals surface area contributed by atoms with Gasteiger partial charge in [-0.2, -0.15) is 26.3 Å². The number of alkyl halides is 6. The molecule has 1 nitrogen and oxygen atoms in total. The zero-order chi connectivity index (χ0) is 13.4. The van der Waals surface area contributed by atoms with Crippen molar-refractivity contribution in [3.63, 3.8) is 0 Å². The van der Waals surface area contributed by atoms with Crippen molar-refractivity contribution in [1.29, 1.82) is 0 Å². The molecule has 7 heteroatoms. The number of halogens is 6. The summed E-state index contributed by atoms with van der Waals surface area (Å²) in [5.74, 6) is 0. The van der Waals surface area contributed by atoms with Crippen LogP contribution in [0.2, 0.25) is 0 Å². The van der Waals surface area contributed by atoms with E-state index in [4.69, 9.17) is 0 Å². The van der Waals surface area contributed by atoms with Crippen LogP contribution < -0.4 is 0 Å². The number of carbonyl (C=O) groups is 1. The van der Waals surface area contributed by atoms with Crippen molar-refractivity contribution in [2.45, 2.75) is 19.3 Å². The first-order valence-electron chi connectivity index (χ1n) is 4.31. The fraction of sp³-hybridized carbons (Fsp3) is 0.300. The number of benzene rings is 1. The first-order valence-corrected chi connectivity index (χ1v) is 4.31. The Hall–Kier alpha value is -1.53. The number of hydrogen-bond donors (Lipinski definition) is 0. The third-order valence-electron chi connectivity index (χ3n) is 2.10. The Bertz CT molecular complexity index is 443. The minimum atomic E-state index is -4.86. The Morgan fingerprint density at radius 2 is 1.53 bits per heavy atom. The van der Waals surface area contributed by atoms with Gasteiger partial charge in [0, 0.05) is 5.56 Å². The van der Waals surface area contributed by atoms with Crippen LogP contribution in [0.15, 0.2) is 12.1 Å². The van der Waals surface area contributed by atoms with Gasteiger partial charge in [0.2, 0.25) is 0 Å². The van der Waals surface area contributed by atoms with E-state index in [2.05, 4.69) is 0 Å². The van der Waals surface area contributed by atoms with Gasteiger partial charge in [-0.05, 0) is 24.6 Å². The van der Waals surface area contributed by atoms with Gasteiger partial charge in [0.15, 0.2) is 6.29 Å². The molecule has 0 aromatic heterocycles. The van der Waals surface area contributed by atoms with E-state index in [9.17, 15) is 31.1 Å². The molecule has 0 N–H and O–H groups in total. The fourth-order valence-electron chi connectivity index (χ4n) is 1.46. The second-order valence-corrected chi connectivity index (χ2v) is 3.37. The van der Waals surface area contributed by atoms with Gasteiger partial charge in [-0.1, -0.05) is 0 Å². The maximum atomic E-state index is 12.5. The van der Waals surface area contributed by atoms with Gasteiger partial charge >= 0.3 is 12.4 Å². The lowest BCUT2D eigenvalue weighted by Crippen LogP contribution is -2.14. The summed E-state index contributed by atoms with van der Waals surface area (Å²) in [5, 5.41) is 0. The van der Waals surface area contributed by atoms with Crippen LogP contribution in [0.1, 0.15) is 27.0 Å². The van der Waals surface area contributed by atoms with Gasteiger partial charge < -0.3 is 0 Å². The first kappa shape index (κ1) is 13.5. The lowest BCUT2D eigenvalue weighted by atomic mass is 9.98. The minimum absolute atomic E-state index is 0.197. The molecule has 0 spiro atoms. The molecule has 0 atom stereocenters. The van der Waals surface area contributed by atoms with Crippen molar-refractivity contribution in [1.82, 2.24) is 0 Å². The quantitative estimate of drug-likeness (QED) is 0.551. The summed E-state index contributed by atoms with van der Waals surface area (Å²) in [4.78, 5) is 10.4. The number of hydrogen-bond acceptors (Lipinski definition) is 1. The molecule has 0 fully saturated rings. The van der Waals surface area contributed by atoms with Crippen LogP contribution in [0.5, 0.6) is 0 Å². The molecule has 94 valence electrons. The summed E-state index contributed by atoms with van der Waals surface area (Å²) in [6, 6.07) is 0.568. The molecule has 0 aliphatic heterocycles. The summed E-state index contributed by atoms with van der Waals surface area (Å²) in [6.45, 7) is 0.880. The molecular formula is C10H6F6O. The standard InChI is InChI=1S/C10H6F6O/c1-5-2-7(9(11,12)13)3-6(4-17)8(5)10(14,15)16/h2-4H,1H3. The minimum Gasteiger partial charge on any atom is -0.298 e. The molecule has 1 aromatic carbocycles. The molecule has 0 aliphatic carbocycles. The zero-order valence-electron chi connectivity index (χ0n) is 8.41. The van der Waals surface area contributed by atoms with Gasteiger partial charge in [-0.3, -0.25) is 4.79 Å². The van der Waals surface area contributed by atoms with Crippen molar-refractivity contribution in [2.24, 2.45) is 0 Å². The Balaban J connectivity index is 3.53. The van der Waals surface area contributed by atoms with Crippen LogP contribution in [-0.2, 0) is 12.4 Å². The average Bonchev–Trinajstić information content (AvgIpc) is 2.12. The smallest absolute Gasteiger partial charge is 0.298 e. The highest BCUT2D eigenvalue weighted by molar-refractivity contribution is 5.79. The van der Waals surface area contributed by atoms with Crippen LogP contribution in [0, 0.1) is 6.92 Å². The molecule has 0 radical (unpaired) electrons. The van der Waals surface area contributed by atoms with E-state index < -0.39 is 34.6 Å². The molecule has 0 unspecified atom stereocenters. The molecule has 0 saturated carbocycles. The summed E-state index contributed by atoms with van der Waals surface area (Å²) in [6.07, 6.45) is -9.87. The highest BCUT2D eigenvalue weighted by Gasteiger charge is 2.38. The van der Waals surface area contributed by atoms with Gasteiger partial charge in [-0.15, -0.1) is 0 Å². The predicted molar refractivity (Wildman–Crippen MR) is 46.6 cm³/mol. The summed E-state index contributed by atoms with van der Waals surface area (Å²) in [7, 11) is 0. The van der Waals surface area contributed by atoms with E-state index in [-0.39, 0.29) is 12.4 Å². The highest BCUT2D eigenvalue weighted by Crippen LogP contribution is 2.38. The van der Waals surface area contributed by atoms with Crippen LogP contribution >= 0.6 is 0 Å². The average molecular weight is 256 g/mol. The Labute approximate surface area is 92.0 Å². The summed E-state index contributed by atoms with van der Waals surface area (Å²) in [5.41, 5.74) is -4.25. The molecule has 0 bridgehead atoms. The summed E-state index contributed by atoms with van der Waals surface area (Å²) < 4.78 is 74.4. The van der Waals surface area contributed by atoms with Gasteiger partial charge in [0.05, 0.1) is 11.1 Å². The molecular weight excluding hydrogens is 250 g/mol. The van der Waals surface area contributed by atoms with Crippen molar-refractivity contribution < 1.29 is 31.1 Å². The maximum Gasteiger partial charge on any atom is 0.417 e.